The number of fused-ring (bicyclic) bond motifs is 1. The molecular weight excluding hydrogens is 282 g/mol. The number of nitrogens with zero attached hydrogens (tertiary/aromatic N) is 4. The van der Waals surface area contributed by atoms with Crippen molar-refractivity contribution in [1.29, 1.82) is 0 Å². The van der Waals surface area contributed by atoms with Gasteiger partial charge in [-0.05, 0) is 0 Å². The van der Waals surface area contributed by atoms with E-state index in [-0.39, 0.29) is 5.82 Å². The maximum atomic E-state index is 10.1. The quantitative estimate of drug-likeness (QED) is 0.408. The lowest BCUT2D eigenvalue weighted by Crippen LogP contribution is -2.40. The number of nitrogens with two attached hydrogens (primary N) is 1. The normalized spacial score (nSPS) is 30.9. The van der Waals surface area contributed by atoms with Crippen molar-refractivity contribution in [2.75, 3.05) is 12.3 Å². The van der Waals surface area contributed by atoms with Gasteiger partial charge in [0.15, 0.2) is 17.7 Å². The Morgan fingerprint density at radius 2 is 2.05 bits per heavy atom. The number of aromatic nitrogens is 4. The minimum atomic E-state index is -1.35. The fourth-order valence-corrected chi connectivity index (χ4v) is 2.39. The highest BCUT2D eigenvalue weighted by Crippen LogP contribution is 2.33. The molecule has 114 valence electrons. The van der Waals surface area contributed by atoms with E-state index in [2.05, 4.69) is 15.0 Å². The summed E-state index contributed by atoms with van der Waals surface area (Å²) in [5.41, 5.74) is 6.35. The molecule has 0 aromatic carbocycles. The van der Waals surface area contributed by atoms with Gasteiger partial charge in [0.1, 0.15) is 36.3 Å². The summed E-state index contributed by atoms with van der Waals surface area (Å²) in [4.78, 5) is 11.9. The van der Waals surface area contributed by atoms with E-state index < -0.39 is 37.3 Å². The number of aliphatic hydroxyl groups excluding tert-OH is 4. The fourth-order valence-electron chi connectivity index (χ4n) is 2.39. The maximum absolute atomic E-state index is 10.1. The van der Waals surface area contributed by atoms with Crippen molar-refractivity contribution in [3.8, 4) is 0 Å². The van der Waals surface area contributed by atoms with Crippen LogP contribution in [0, 0.1) is 0 Å². The van der Waals surface area contributed by atoms with Gasteiger partial charge in [0.2, 0.25) is 0 Å². The van der Waals surface area contributed by atoms with E-state index in [1.165, 1.54) is 17.2 Å². The Kier molecular flexibility index (Phi) is 3.47. The zero-order valence-electron chi connectivity index (χ0n) is 10.8. The highest BCUT2D eigenvalue weighted by atomic mass is 16.6. The SMILES string of the molecule is Nc1ncnc2c1ncn2[C@@H]1OC([C@H](O)CO)[C@H](O)[C@H]1O. The maximum Gasteiger partial charge on any atom is 0.167 e. The smallest absolute Gasteiger partial charge is 0.167 e. The van der Waals surface area contributed by atoms with Gasteiger partial charge < -0.3 is 30.9 Å². The topological polar surface area (TPSA) is 160 Å². The third-order valence-corrected chi connectivity index (χ3v) is 3.50. The summed E-state index contributed by atoms with van der Waals surface area (Å²) in [6.45, 7) is -0.596. The first-order chi connectivity index (χ1) is 10.0. The molecule has 0 bridgehead atoms. The van der Waals surface area contributed by atoms with Crippen molar-refractivity contribution in [3.05, 3.63) is 12.7 Å². The second kappa shape index (κ2) is 5.16. The number of hydrogen-bond acceptors (Lipinski definition) is 9. The van der Waals surface area contributed by atoms with Crippen LogP contribution in [0.4, 0.5) is 5.82 Å². The molecule has 1 unspecified atom stereocenters. The molecule has 2 aromatic rings. The van der Waals surface area contributed by atoms with Crippen molar-refractivity contribution in [2.45, 2.75) is 30.6 Å². The molecule has 1 fully saturated rings. The van der Waals surface area contributed by atoms with Crippen LogP contribution in [0.15, 0.2) is 12.7 Å². The summed E-state index contributed by atoms with van der Waals surface area (Å²) < 4.78 is 6.84. The molecular formula is C11H15N5O5. The highest BCUT2D eigenvalue weighted by molar-refractivity contribution is 5.81. The first-order valence-corrected chi connectivity index (χ1v) is 6.28. The van der Waals surface area contributed by atoms with Gasteiger partial charge in [-0.25, -0.2) is 15.0 Å². The third-order valence-electron chi connectivity index (χ3n) is 3.50. The molecule has 0 amide bonds. The van der Waals surface area contributed by atoms with Crippen molar-refractivity contribution < 1.29 is 25.2 Å². The summed E-state index contributed by atoms with van der Waals surface area (Å²) >= 11 is 0. The van der Waals surface area contributed by atoms with Gasteiger partial charge in [-0.3, -0.25) is 4.57 Å². The van der Waals surface area contributed by atoms with Crippen LogP contribution in [0.3, 0.4) is 0 Å². The van der Waals surface area contributed by atoms with Crippen LogP contribution in [-0.2, 0) is 4.74 Å². The molecule has 5 atom stereocenters. The van der Waals surface area contributed by atoms with Gasteiger partial charge in [0, 0.05) is 0 Å². The predicted molar refractivity (Wildman–Crippen MR) is 68.8 cm³/mol. The summed E-state index contributed by atoms with van der Waals surface area (Å²) in [7, 11) is 0. The Labute approximate surface area is 118 Å². The Bertz CT molecular complexity index is 649. The van der Waals surface area contributed by atoms with E-state index in [4.69, 9.17) is 15.6 Å². The summed E-state index contributed by atoms with van der Waals surface area (Å²) in [5, 5.41) is 38.5. The minimum Gasteiger partial charge on any atom is -0.394 e. The fraction of sp³-hybridized carbons (Fsp3) is 0.545. The lowest BCUT2D eigenvalue weighted by atomic mass is 10.1. The van der Waals surface area contributed by atoms with E-state index in [0.717, 1.165) is 0 Å². The molecule has 21 heavy (non-hydrogen) atoms. The first-order valence-electron chi connectivity index (χ1n) is 6.28. The van der Waals surface area contributed by atoms with E-state index >= 15 is 0 Å². The average Bonchev–Trinajstić information content (AvgIpc) is 3.02. The largest absolute Gasteiger partial charge is 0.394 e. The average molecular weight is 297 g/mol. The van der Waals surface area contributed by atoms with Gasteiger partial charge in [-0.1, -0.05) is 0 Å². The van der Waals surface area contributed by atoms with E-state index in [0.29, 0.717) is 11.2 Å². The number of ether oxygens (including phenoxy) is 1. The van der Waals surface area contributed by atoms with Crippen LogP contribution in [0.5, 0.6) is 0 Å². The van der Waals surface area contributed by atoms with Crippen molar-refractivity contribution in [1.82, 2.24) is 19.5 Å². The molecule has 0 saturated carbocycles. The van der Waals surface area contributed by atoms with Crippen LogP contribution in [0.2, 0.25) is 0 Å². The molecule has 6 N–H and O–H groups in total. The zero-order chi connectivity index (χ0) is 15.1. The third kappa shape index (κ3) is 2.13. The molecule has 3 heterocycles. The lowest BCUT2D eigenvalue weighted by Gasteiger charge is -2.18. The van der Waals surface area contributed by atoms with Crippen molar-refractivity contribution in [2.24, 2.45) is 0 Å². The summed E-state index contributed by atoms with van der Waals surface area (Å²) in [5.74, 6) is 0.179. The number of nitrogen functional groups attached to an aromatic ring is 1. The van der Waals surface area contributed by atoms with Crippen LogP contribution >= 0.6 is 0 Å². The van der Waals surface area contributed by atoms with Crippen LogP contribution in [-0.4, -0.2) is 71.0 Å². The van der Waals surface area contributed by atoms with Crippen molar-refractivity contribution in [3.63, 3.8) is 0 Å². The standard InChI is InChI=1S/C11H15N5O5/c12-9-5-10(14-2-13-9)16(3-15-5)11-7(20)6(19)8(21-11)4(18)1-17/h2-4,6-8,11,17-20H,1H2,(H2,12,13,14)/t4-,6-,7-,8?,11-/m1/s1. The Hall–Kier alpha value is -1.85. The van der Waals surface area contributed by atoms with Gasteiger partial charge in [-0.2, -0.15) is 0 Å². The summed E-state index contributed by atoms with van der Waals surface area (Å²) in [6, 6.07) is 0. The second-order valence-corrected chi connectivity index (χ2v) is 4.81. The Balaban J connectivity index is 1.98. The van der Waals surface area contributed by atoms with Crippen LogP contribution < -0.4 is 5.73 Å². The first kappa shape index (κ1) is 14.1. The van der Waals surface area contributed by atoms with Crippen molar-refractivity contribution >= 4 is 17.0 Å². The molecule has 1 aliphatic rings. The van der Waals surface area contributed by atoms with Crippen LogP contribution in [0.1, 0.15) is 6.23 Å². The molecule has 2 aromatic heterocycles. The molecule has 0 aliphatic carbocycles. The Morgan fingerprint density at radius 3 is 2.76 bits per heavy atom. The molecule has 1 saturated heterocycles. The molecule has 3 rings (SSSR count). The molecule has 10 nitrogen and oxygen atoms in total. The predicted octanol–water partition coefficient (Wildman–Crippen LogP) is -2.62. The molecule has 1 aliphatic heterocycles. The number of imidazole rings is 1. The van der Waals surface area contributed by atoms with Gasteiger partial charge in [0.05, 0.1) is 12.9 Å². The molecule has 10 heteroatoms. The minimum absolute atomic E-state index is 0.179. The number of aliphatic hydroxyl groups is 4. The van der Waals surface area contributed by atoms with Crippen LogP contribution in [0.25, 0.3) is 11.2 Å². The monoisotopic (exact) mass is 297 g/mol. The van der Waals surface area contributed by atoms with E-state index in [1.54, 1.807) is 0 Å². The zero-order valence-corrected chi connectivity index (χ0v) is 10.8. The Morgan fingerprint density at radius 1 is 1.29 bits per heavy atom. The van der Waals surface area contributed by atoms with E-state index in [9.17, 15) is 15.3 Å². The van der Waals surface area contributed by atoms with E-state index in [1.807, 2.05) is 0 Å². The number of anilines is 1. The lowest BCUT2D eigenvalue weighted by molar-refractivity contribution is -0.0962. The number of rotatable bonds is 3. The number of hydrogen-bond donors (Lipinski definition) is 5. The second-order valence-electron chi connectivity index (χ2n) is 4.81. The van der Waals surface area contributed by atoms with Gasteiger partial charge in [0.25, 0.3) is 0 Å². The molecule has 0 radical (unpaired) electrons. The van der Waals surface area contributed by atoms with Gasteiger partial charge >= 0.3 is 0 Å². The summed E-state index contributed by atoms with van der Waals surface area (Å²) in [6.07, 6.45) is -3.51. The highest BCUT2D eigenvalue weighted by Gasteiger charge is 2.47. The molecule has 0 spiro atoms. The van der Waals surface area contributed by atoms with Gasteiger partial charge in [-0.15, -0.1) is 0 Å².